The number of piperidine rings is 1. The number of carbonyl (C=O) groups excluding carboxylic acids is 2. The molecule has 4 aromatic rings. The molecule has 3 saturated heterocycles. The lowest BCUT2D eigenvalue weighted by molar-refractivity contribution is 0.0302. The Hall–Kier alpha value is -4.48. The molecule has 11 heteroatoms. The van der Waals surface area contributed by atoms with Crippen LogP contribution in [-0.4, -0.2) is 99.5 Å². The Bertz CT molecular complexity index is 1670. The molecule has 0 atom stereocenters. The summed E-state index contributed by atoms with van der Waals surface area (Å²) in [5.74, 6) is 0.575. The largest absolute Gasteiger partial charge is 0.378 e. The van der Waals surface area contributed by atoms with Crippen molar-refractivity contribution in [2.45, 2.75) is 38.6 Å². The van der Waals surface area contributed by atoms with Crippen molar-refractivity contribution in [3.05, 3.63) is 72.3 Å². The van der Waals surface area contributed by atoms with Gasteiger partial charge in [-0.3, -0.25) is 4.79 Å². The highest BCUT2D eigenvalue weighted by molar-refractivity contribution is 5.94. The second-order valence-electron chi connectivity index (χ2n) is 12.1. The van der Waals surface area contributed by atoms with Gasteiger partial charge in [0.05, 0.1) is 24.5 Å². The molecule has 3 aliphatic rings. The number of carbonyl (C=O) groups is 2. The first-order valence-electron chi connectivity index (χ1n) is 16.0. The van der Waals surface area contributed by atoms with E-state index in [2.05, 4.69) is 31.6 Å². The second kappa shape index (κ2) is 12.9. The lowest BCUT2D eigenvalue weighted by atomic mass is 10.00. The number of pyridine rings is 2. The Morgan fingerprint density at radius 1 is 0.911 bits per heavy atom. The predicted octanol–water partition coefficient (Wildman–Crippen LogP) is 5.01. The summed E-state index contributed by atoms with van der Waals surface area (Å²) in [5, 5.41) is 6.59. The van der Waals surface area contributed by atoms with Crippen LogP contribution in [0.1, 0.15) is 41.6 Å². The smallest absolute Gasteiger partial charge is 0.321 e. The number of anilines is 3. The molecule has 3 fully saturated rings. The van der Waals surface area contributed by atoms with Crippen LogP contribution >= 0.6 is 0 Å². The Balaban J connectivity index is 1.07. The number of imidazole rings is 1. The summed E-state index contributed by atoms with van der Waals surface area (Å²) < 4.78 is 7.34. The minimum Gasteiger partial charge on any atom is -0.378 e. The topological polar surface area (TPSA) is 107 Å². The van der Waals surface area contributed by atoms with Crippen LogP contribution in [0.25, 0.3) is 16.8 Å². The highest BCUT2D eigenvalue weighted by Crippen LogP contribution is 2.33. The average Bonchev–Trinajstić information content (AvgIpc) is 3.80. The quantitative estimate of drug-likeness (QED) is 0.317. The molecule has 1 aromatic carbocycles. The summed E-state index contributed by atoms with van der Waals surface area (Å²) >= 11 is 0. The normalized spacial score (nSPS) is 18.0. The average molecular weight is 609 g/mol. The fraction of sp³-hybridized carbons (Fsp3) is 0.412. The van der Waals surface area contributed by atoms with Crippen molar-refractivity contribution in [3.8, 4) is 11.1 Å². The zero-order valence-corrected chi connectivity index (χ0v) is 25.7. The van der Waals surface area contributed by atoms with E-state index in [1.165, 1.54) is 25.9 Å². The molecule has 0 aliphatic carbocycles. The maximum atomic E-state index is 13.3. The van der Waals surface area contributed by atoms with Crippen LogP contribution in [0.15, 0.2) is 61.2 Å². The third kappa shape index (κ3) is 6.23. The molecule has 3 amide bonds. The van der Waals surface area contributed by atoms with Crippen LogP contribution in [0.4, 0.5) is 22.0 Å². The molecule has 3 aliphatic heterocycles. The van der Waals surface area contributed by atoms with Crippen LogP contribution < -0.4 is 10.6 Å². The number of hydrogen-bond acceptors (Lipinski definition) is 7. The van der Waals surface area contributed by atoms with Crippen molar-refractivity contribution in [1.29, 1.82) is 0 Å². The van der Waals surface area contributed by atoms with Crippen molar-refractivity contribution < 1.29 is 14.3 Å². The molecular weight excluding hydrogens is 568 g/mol. The summed E-state index contributed by atoms with van der Waals surface area (Å²) in [6, 6.07) is 12.2. The van der Waals surface area contributed by atoms with Crippen LogP contribution in [0.5, 0.6) is 0 Å². The van der Waals surface area contributed by atoms with Gasteiger partial charge in [0, 0.05) is 68.3 Å². The Morgan fingerprint density at radius 2 is 1.71 bits per heavy atom. The Kier molecular flexibility index (Phi) is 8.36. The molecule has 0 radical (unpaired) electrons. The number of nitrogens with zero attached hydrogens (tertiary/aromatic N) is 6. The van der Waals surface area contributed by atoms with Crippen molar-refractivity contribution in [2.24, 2.45) is 0 Å². The molecule has 0 spiro atoms. The van der Waals surface area contributed by atoms with Gasteiger partial charge in [-0.2, -0.15) is 0 Å². The molecule has 0 bridgehead atoms. The van der Waals surface area contributed by atoms with Gasteiger partial charge in [-0.1, -0.05) is 12.1 Å². The number of fused-ring (bicyclic) bond motifs is 1. The summed E-state index contributed by atoms with van der Waals surface area (Å²) in [7, 11) is 0. The van der Waals surface area contributed by atoms with E-state index < -0.39 is 0 Å². The number of benzene rings is 1. The number of nitrogens with one attached hydrogen (secondary N) is 2. The Morgan fingerprint density at radius 3 is 2.47 bits per heavy atom. The number of urea groups is 1. The highest BCUT2D eigenvalue weighted by atomic mass is 16.5. The van der Waals surface area contributed by atoms with Crippen LogP contribution in [0.2, 0.25) is 0 Å². The number of morpholine rings is 1. The third-order valence-electron chi connectivity index (χ3n) is 9.35. The van der Waals surface area contributed by atoms with Crippen molar-refractivity contribution in [3.63, 3.8) is 0 Å². The van der Waals surface area contributed by atoms with E-state index in [1.54, 1.807) is 23.4 Å². The standard InChI is InChI=1S/C34H40N8O3/c1-24-28(5-4-6-29(24)38-34(44)41-14-9-27(10-15-41)39-12-2-3-13-39)26-21-30(32-35-11-16-42(32)23-26)37-31-8-7-25(22-36-31)33(43)40-17-19-45-20-18-40/h4-8,11,16,21-23,27H,2-3,9-10,12-15,17-20H2,1H3,(H,36,37)(H,38,44). The molecule has 3 aromatic heterocycles. The number of aromatic nitrogens is 3. The zero-order chi connectivity index (χ0) is 30.8. The molecule has 0 saturated carbocycles. The fourth-order valence-corrected chi connectivity index (χ4v) is 6.77. The van der Waals surface area contributed by atoms with E-state index in [1.807, 2.05) is 52.9 Å². The van der Waals surface area contributed by atoms with Crippen molar-refractivity contribution in [2.75, 3.05) is 63.1 Å². The maximum Gasteiger partial charge on any atom is 0.321 e. The van der Waals surface area contributed by atoms with Gasteiger partial charge in [0.25, 0.3) is 5.91 Å². The van der Waals surface area contributed by atoms with E-state index in [4.69, 9.17) is 4.74 Å². The van der Waals surface area contributed by atoms with Gasteiger partial charge in [0.2, 0.25) is 0 Å². The van der Waals surface area contributed by atoms with Crippen molar-refractivity contribution >= 4 is 34.8 Å². The SMILES string of the molecule is Cc1c(NC(=O)N2CCC(N3CCCC3)CC2)cccc1-c1cc(Nc2ccc(C(=O)N3CCOCC3)cn2)c2nccn2c1. The zero-order valence-electron chi connectivity index (χ0n) is 25.7. The van der Waals surface area contributed by atoms with Gasteiger partial charge in [-0.25, -0.2) is 14.8 Å². The molecule has 45 heavy (non-hydrogen) atoms. The van der Waals surface area contributed by atoms with Crippen LogP contribution in [-0.2, 0) is 4.74 Å². The number of hydrogen-bond donors (Lipinski definition) is 2. The second-order valence-corrected chi connectivity index (χ2v) is 12.1. The highest BCUT2D eigenvalue weighted by Gasteiger charge is 2.28. The van der Waals surface area contributed by atoms with Gasteiger partial charge >= 0.3 is 6.03 Å². The third-order valence-corrected chi connectivity index (χ3v) is 9.35. The predicted molar refractivity (Wildman–Crippen MR) is 174 cm³/mol. The summed E-state index contributed by atoms with van der Waals surface area (Å²) in [6.45, 7) is 8.30. The summed E-state index contributed by atoms with van der Waals surface area (Å²) in [4.78, 5) is 41.6. The van der Waals surface area contributed by atoms with Gasteiger partial charge in [-0.15, -0.1) is 0 Å². The van der Waals surface area contributed by atoms with Crippen LogP contribution in [0.3, 0.4) is 0 Å². The van der Waals surface area contributed by atoms with Gasteiger partial charge in [0.1, 0.15) is 5.82 Å². The molecule has 6 heterocycles. The number of amides is 3. The lowest BCUT2D eigenvalue weighted by Crippen LogP contribution is -2.47. The monoisotopic (exact) mass is 608 g/mol. The first-order valence-corrected chi connectivity index (χ1v) is 16.0. The van der Waals surface area contributed by atoms with Gasteiger partial charge in [-0.05, 0) is 81.1 Å². The summed E-state index contributed by atoms with van der Waals surface area (Å²) in [5.41, 5.74) is 5.88. The minimum atomic E-state index is -0.0380. The van der Waals surface area contributed by atoms with Gasteiger partial charge in [0.15, 0.2) is 5.65 Å². The Labute approximate surface area is 263 Å². The first-order chi connectivity index (χ1) is 22.0. The number of likely N-dealkylation sites (tertiary alicyclic amines) is 2. The molecule has 2 N–H and O–H groups in total. The van der Waals surface area contributed by atoms with Crippen LogP contribution in [0, 0.1) is 6.92 Å². The molecule has 234 valence electrons. The fourth-order valence-electron chi connectivity index (χ4n) is 6.77. The van der Waals surface area contributed by atoms with E-state index in [0.717, 1.165) is 59.6 Å². The molecule has 0 unspecified atom stereocenters. The minimum absolute atomic E-state index is 0.0378. The number of rotatable bonds is 6. The van der Waals surface area contributed by atoms with E-state index >= 15 is 0 Å². The van der Waals surface area contributed by atoms with Crippen molar-refractivity contribution in [1.82, 2.24) is 29.1 Å². The molecular formula is C34H40N8O3. The molecule has 7 rings (SSSR count). The number of ether oxygens (including phenoxy) is 1. The van der Waals surface area contributed by atoms with E-state index in [0.29, 0.717) is 43.7 Å². The first kappa shape index (κ1) is 29.2. The molecule has 11 nitrogen and oxygen atoms in total. The van der Waals surface area contributed by atoms with Gasteiger partial charge < -0.3 is 34.5 Å². The summed E-state index contributed by atoms with van der Waals surface area (Å²) in [6.07, 6.45) is 12.0. The maximum absolute atomic E-state index is 13.3. The van der Waals surface area contributed by atoms with E-state index in [-0.39, 0.29) is 11.9 Å². The lowest BCUT2D eigenvalue weighted by Gasteiger charge is -2.36. The van der Waals surface area contributed by atoms with E-state index in [9.17, 15) is 9.59 Å².